The largest absolute Gasteiger partial charge is 0.367 e. The summed E-state index contributed by atoms with van der Waals surface area (Å²) in [5.74, 6) is 0.179. The van der Waals surface area contributed by atoms with Crippen LogP contribution in [0.3, 0.4) is 0 Å². The maximum Gasteiger partial charge on any atom is 0.195 e. The van der Waals surface area contributed by atoms with Gasteiger partial charge in [-0.05, 0) is 44.5 Å². The minimum atomic E-state index is -0.323. The third kappa shape index (κ3) is 2.13. The Morgan fingerprint density at radius 1 is 1.22 bits per heavy atom. The lowest BCUT2D eigenvalue weighted by atomic mass is 10.2. The van der Waals surface area contributed by atoms with Crippen LogP contribution in [0.1, 0.15) is 17.8 Å². The van der Waals surface area contributed by atoms with E-state index in [-0.39, 0.29) is 11.9 Å². The molecule has 1 fully saturated rings. The molecule has 23 heavy (non-hydrogen) atoms. The van der Waals surface area contributed by atoms with E-state index in [1.54, 1.807) is 6.07 Å². The fourth-order valence-corrected chi connectivity index (χ4v) is 3.39. The molecule has 3 aromatic rings. The van der Waals surface area contributed by atoms with Crippen LogP contribution in [0.2, 0.25) is 0 Å². The van der Waals surface area contributed by atoms with Crippen LogP contribution >= 0.6 is 0 Å². The predicted molar refractivity (Wildman–Crippen MR) is 87.6 cm³/mol. The lowest BCUT2D eigenvalue weighted by Crippen LogP contribution is -2.26. The van der Waals surface area contributed by atoms with Gasteiger partial charge in [0.2, 0.25) is 0 Å². The molecule has 0 amide bonds. The summed E-state index contributed by atoms with van der Waals surface area (Å²) < 4.78 is 22.0. The lowest BCUT2D eigenvalue weighted by molar-refractivity contribution is 0.451. The molecule has 0 saturated carbocycles. The summed E-state index contributed by atoms with van der Waals surface area (Å²) in [6, 6.07) is 7.34. The molecule has 1 atom stereocenters. The van der Waals surface area contributed by atoms with Gasteiger partial charge in [0, 0.05) is 30.5 Å². The zero-order valence-electron chi connectivity index (χ0n) is 13.2. The van der Waals surface area contributed by atoms with Crippen LogP contribution < -0.4 is 10.6 Å². The van der Waals surface area contributed by atoms with Gasteiger partial charge in [0.1, 0.15) is 11.2 Å². The summed E-state index contributed by atoms with van der Waals surface area (Å²) in [6.45, 7) is 5.53. The fraction of sp³-hybridized carbons (Fsp3) is 0.353. The smallest absolute Gasteiger partial charge is 0.195 e. The third-order valence-corrected chi connectivity index (χ3v) is 4.58. The quantitative estimate of drug-likeness (QED) is 0.790. The number of aryl methyl sites for hydroxylation is 2. The Morgan fingerprint density at radius 2 is 1.96 bits per heavy atom. The molecular weight excluding hydrogens is 295 g/mol. The van der Waals surface area contributed by atoms with Gasteiger partial charge in [-0.2, -0.15) is 0 Å². The number of nitrogens with two attached hydrogens (primary N) is 1. The van der Waals surface area contributed by atoms with Gasteiger partial charge in [0.15, 0.2) is 11.4 Å². The van der Waals surface area contributed by atoms with E-state index in [0.717, 1.165) is 36.6 Å². The second-order valence-electron chi connectivity index (χ2n) is 6.22. The van der Waals surface area contributed by atoms with E-state index >= 15 is 0 Å². The van der Waals surface area contributed by atoms with Crippen LogP contribution in [0.5, 0.6) is 0 Å². The highest BCUT2D eigenvalue weighted by Crippen LogP contribution is 2.35. The zero-order valence-corrected chi connectivity index (χ0v) is 13.2. The van der Waals surface area contributed by atoms with Crippen molar-refractivity contribution in [1.82, 2.24) is 9.72 Å². The molecule has 4 rings (SSSR count). The molecule has 120 valence electrons. The number of nitrogens with zero attached hydrogens (tertiary/aromatic N) is 3. The molecule has 2 aromatic heterocycles. The molecule has 0 aliphatic carbocycles. The van der Waals surface area contributed by atoms with E-state index < -0.39 is 0 Å². The van der Waals surface area contributed by atoms with Gasteiger partial charge in [-0.1, -0.05) is 5.16 Å². The van der Waals surface area contributed by atoms with Gasteiger partial charge in [0.05, 0.1) is 5.69 Å². The van der Waals surface area contributed by atoms with E-state index in [1.807, 2.05) is 30.5 Å². The summed E-state index contributed by atoms with van der Waals surface area (Å²) in [4.78, 5) is 2.14. The van der Waals surface area contributed by atoms with Gasteiger partial charge >= 0.3 is 0 Å². The standard InChI is InChI=1S/C17H19FN4O/c1-10-3-4-11(2)22(10)17-15-13(18)5-6-14(16(15)23-20-17)21-8-7-12(19)9-21/h3-6,12H,7-9,19H2,1-2H3. The molecule has 0 spiro atoms. The van der Waals surface area contributed by atoms with Crippen molar-refractivity contribution in [1.29, 1.82) is 0 Å². The van der Waals surface area contributed by atoms with E-state index in [0.29, 0.717) is 16.8 Å². The van der Waals surface area contributed by atoms with Gasteiger partial charge in [-0.3, -0.25) is 4.57 Å². The first kappa shape index (κ1) is 14.3. The van der Waals surface area contributed by atoms with Crippen molar-refractivity contribution in [2.45, 2.75) is 26.3 Å². The van der Waals surface area contributed by atoms with E-state index in [9.17, 15) is 4.39 Å². The topological polar surface area (TPSA) is 60.2 Å². The number of anilines is 1. The second-order valence-corrected chi connectivity index (χ2v) is 6.22. The molecule has 1 saturated heterocycles. The Hall–Kier alpha value is -2.34. The van der Waals surface area contributed by atoms with Crippen molar-refractivity contribution in [3.8, 4) is 5.82 Å². The Kier molecular flexibility index (Phi) is 3.16. The van der Waals surface area contributed by atoms with Crippen LogP contribution in [0.25, 0.3) is 16.8 Å². The first-order valence-electron chi connectivity index (χ1n) is 7.80. The van der Waals surface area contributed by atoms with Crippen molar-refractivity contribution < 1.29 is 8.91 Å². The average molecular weight is 314 g/mol. The number of fused-ring (bicyclic) bond motifs is 1. The van der Waals surface area contributed by atoms with Gasteiger partial charge in [0.25, 0.3) is 0 Å². The van der Waals surface area contributed by atoms with Crippen molar-refractivity contribution in [3.05, 3.63) is 41.5 Å². The van der Waals surface area contributed by atoms with Gasteiger partial charge in [-0.25, -0.2) is 4.39 Å². The summed E-state index contributed by atoms with van der Waals surface area (Å²) >= 11 is 0. The Labute approximate surface area is 133 Å². The lowest BCUT2D eigenvalue weighted by Gasteiger charge is -2.17. The minimum Gasteiger partial charge on any atom is -0.367 e. The second kappa shape index (κ2) is 5.09. The number of aromatic nitrogens is 2. The summed E-state index contributed by atoms with van der Waals surface area (Å²) in [6.07, 6.45) is 0.926. The summed E-state index contributed by atoms with van der Waals surface area (Å²) in [7, 11) is 0. The maximum absolute atomic E-state index is 14.5. The van der Waals surface area contributed by atoms with E-state index in [2.05, 4.69) is 10.1 Å². The van der Waals surface area contributed by atoms with E-state index in [4.69, 9.17) is 10.3 Å². The molecule has 5 nitrogen and oxygen atoms in total. The van der Waals surface area contributed by atoms with Crippen molar-refractivity contribution >= 4 is 16.7 Å². The number of hydrogen-bond acceptors (Lipinski definition) is 4. The van der Waals surface area contributed by atoms with Crippen LogP contribution in [0, 0.1) is 19.7 Å². The van der Waals surface area contributed by atoms with E-state index in [1.165, 1.54) is 6.07 Å². The summed E-state index contributed by atoms with van der Waals surface area (Å²) in [5.41, 5.74) is 9.32. The molecule has 0 bridgehead atoms. The highest BCUT2D eigenvalue weighted by molar-refractivity contribution is 5.94. The first-order valence-corrected chi connectivity index (χ1v) is 7.80. The number of halogens is 1. The maximum atomic E-state index is 14.5. The molecule has 3 heterocycles. The predicted octanol–water partition coefficient (Wildman–Crippen LogP) is 2.91. The van der Waals surface area contributed by atoms with Crippen molar-refractivity contribution in [2.24, 2.45) is 5.73 Å². The highest BCUT2D eigenvalue weighted by Gasteiger charge is 2.26. The molecule has 6 heteroatoms. The van der Waals surface area contributed by atoms with Gasteiger partial charge in [-0.15, -0.1) is 0 Å². The Balaban J connectivity index is 1.93. The third-order valence-electron chi connectivity index (χ3n) is 4.58. The summed E-state index contributed by atoms with van der Waals surface area (Å²) in [5, 5.41) is 4.58. The molecule has 1 aliphatic rings. The molecule has 1 aliphatic heterocycles. The zero-order chi connectivity index (χ0) is 16.1. The van der Waals surface area contributed by atoms with Crippen LogP contribution in [-0.4, -0.2) is 28.9 Å². The van der Waals surface area contributed by atoms with Crippen LogP contribution in [-0.2, 0) is 0 Å². The van der Waals surface area contributed by atoms with Gasteiger partial charge < -0.3 is 15.2 Å². The van der Waals surface area contributed by atoms with Crippen LogP contribution in [0.15, 0.2) is 28.8 Å². The molecule has 1 unspecified atom stereocenters. The van der Waals surface area contributed by atoms with Crippen LogP contribution in [0.4, 0.5) is 10.1 Å². The molecule has 2 N–H and O–H groups in total. The number of rotatable bonds is 2. The molecule has 0 radical (unpaired) electrons. The Morgan fingerprint density at radius 3 is 2.61 bits per heavy atom. The van der Waals surface area contributed by atoms with Crippen molar-refractivity contribution in [3.63, 3.8) is 0 Å². The SMILES string of the molecule is Cc1ccc(C)n1-c1noc2c(N3CCC(N)C3)ccc(F)c12. The average Bonchev–Trinajstić information content (AvgIpc) is 3.20. The normalized spacial score (nSPS) is 18.3. The highest BCUT2D eigenvalue weighted by atomic mass is 19.1. The fourth-order valence-electron chi connectivity index (χ4n) is 3.39. The van der Waals surface area contributed by atoms with Crippen molar-refractivity contribution in [2.75, 3.05) is 18.0 Å². The number of hydrogen-bond donors (Lipinski definition) is 1. The molecular formula is C17H19FN4O. The minimum absolute atomic E-state index is 0.145. The molecule has 1 aromatic carbocycles. The first-order chi connectivity index (χ1) is 11.1. The number of benzene rings is 1. The Bertz CT molecular complexity index is 863. The monoisotopic (exact) mass is 314 g/mol.